The Labute approximate surface area is 126 Å². The largest absolute Gasteiger partial charge is 0.350 e. The average molecular weight is 295 g/mol. The number of benzene rings is 1. The molecule has 1 saturated heterocycles. The van der Waals surface area contributed by atoms with Crippen molar-refractivity contribution < 1.29 is 4.79 Å². The number of rotatable bonds is 5. The zero-order valence-corrected chi connectivity index (χ0v) is 12.7. The molecule has 1 aromatic rings. The van der Waals surface area contributed by atoms with E-state index in [0.29, 0.717) is 17.4 Å². The predicted octanol–water partition coefficient (Wildman–Crippen LogP) is 3.30. The second-order valence-electron chi connectivity index (χ2n) is 5.60. The summed E-state index contributed by atoms with van der Waals surface area (Å²) in [6, 6.07) is 7.65. The lowest BCUT2D eigenvalue weighted by Crippen LogP contribution is -2.31. The van der Waals surface area contributed by atoms with E-state index in [1.807, 2.05) is 31.2 Å². The third kappa shape index (κ3) is 4.80. The molecule has 2 N–H and O–H groups in total. The van der Waals surface area contributed by atoms with Gasteiger partial charge in [-0.3, -0.25) is 4.79 Å². The van der Waals surface area contributed by atoms with E-state index in [4.69, 9.17) is 11.6 Å². The minimum absolute atomic E-state index is 0.00526. The van der Waals surface area contributed by atoms with Crippen LogP contribution in [0, 0.1) is 5.92 Å². The maximum absolute atomic E-state index is 12.0. The Kier molecular flexibility index (Phi) is 5.86. The second-order valence-corrected chi connectivity index (χ2v) is 6.03. The molecule has 1 fully saturated rings. The van der Waals surface area contributed by atoms with Crippen molar-refractivity contribution >= 4 is 17.5 Å². The minimum Gasteiger partial charge on any atom is -0.350 e. The van der Waals surface area contributed by atoms with Crippen LogP contribution in [0.3, 0.4) is 0 Å². The van der Waals surface area contributed by atoms with Crippen molar-refractivity contribution in [3.63, 3.8) is 0 Å². The molecule has 0 bridgehead atoms. The van der Waals surface area contributed by atoms with Gasteiger partial charge in [-0.05, 0) is 62.9 Å². The SMILES string of the molecule is C[C@H](NC(=O)CCC1CCCNC1)c1cccc(Cl)c1. The Morgan fingerprint density at radius 3 is 3.10 bits per heavy atom. The highest BCUT2D eigenvalue weighted by molar-refractivity contribution is 6.30. The number of hydrogen-bond donors (Lipinski definition) is 2. The molecule has 0 radical (unpaired) electrons. The number of halogens is 1. The number of carbonyl (C=O) groups excluding carboxylic acids is 1. The van der Waals surface area contributed by atoms with E-state index in [2.05, 4.69) is 10.6 Å². The van der Waals surface area contributed by atoms with Crippen LogP contribution < -0.4 is 10.6 Å². The minimum atomic E-state index is 0.00526. The number of nitrogens with one attached hydrogen (secondary N) is 2. The molecule has 0 spiro atoms. The highest BCUT2D eigenvalue weighted by atomic mass is 35.5. The topological polar surface area (TPSA) is 41.1 Å². The summed E-state index contributed by atoms with van der Waals surface area (Å²) < 4.78 is 0. The highest BCUT2D eigenvalue weighted by Crippen LogP contribution is 2.19. The molecule has 1 heterocycles. The second kappa shape index (κ2) is 7.65. The molecule has 20 heavy (non-hydrogen) atoms. The summed E-state index contributed by atoms with van der Waals surface area (Å²) in [5.41, 5.74) is 1.05. The van der Waals surface area contributed by atoms with Crippen LogP contribution in [0.1, 0.15) is 44.2 Å². The summed E-state index contributed by atoms with van der Waals surface area (Å²) in [6.07, 6.45) is 4.05. The zero-order valence-electron chi connectivity index (χ0n) is 12.0. The number of hydrogen-bond acceptors (Lipinski definition) is 2. The molecule has 4 heteroatoms. The summed E-state index contributed by atoms with van der Waals surface area (Å²) in [6.45, 7) is 4.16. The fourth-order valence-corrected chi connectivity index (χ4v) is 2.88. The van der Waals surface area contributed by atoms with Crippen LogP contribution in [0.25, 0.3) is 0 Å². The van der Waals surface area contributed by atoms with Crippen molar-refractivity contribution in [2.24, 2.45) is 5.92 Å². The zero-order chi connectivity index (χ0) is 14.4. The first kappa shape index (κ1) is 15.3. The summed E-state index contributed by atoms with van der Waals surface area (Å²) in [5.74, 6) is 0.777. The van der Waals surface area contributed by atoms with E-state index in [-0.39, 0.29) is 11.9 Å². The fourth-order valence-electron chi connectivity index (χ4n) is 2.68. The van der Waals surface area contributed by atoms with Crippen molar-refractivity contribution in [2.75, 3.05) is 13.1 Å². The standard InChI is InChI=1S/C16H23ClN2O/c1-12(14-5-2-6-15(17)10-14)19-16(20)8-7-13-4-3-9-18-11-13/h2,5-6,10,12-13,18H,3-4,7-9,11H2,1H3,(H,19,20)/t12-,13?/m0/s1. The molecule has 110 valence electrons. The highest BCUT2D eigenvalue weighted by Gasteiger charge is 2.15. The van der Waals surface area contributed by atoms with Gasteiger partial charge in [-0.25, -0.2) is 0 Å². The predicted molar refractivity (Wildman–Crippen MR) is 82.8 cm³/mol. The van der Waals surface area contributed by atoms with Crippen LogP contribution in [0.4, 0.5) is 0 Å². The number of piperidine rings is 1. The lowest BCUT2D eigenvalue weighted by molar-refractivity contribution is -0.122. The molecule has 0 saturated carbocycles. The van der Waals surface area contributed by atoms with E-state index >= 15 is 0 Å². The van der Waals surface area contributed by atoms with Crippen LogP contribution in [0.2, 0.25) is 5.02 Å². The van der Waals surface area contributed by atoms with Crippen LogP contribution >= 0.6 is 11.6 Å². The maximum atomic E-state index is 12.0. The number of carbonyl (C=O) groups is 1. The molecule has 1 aliphatic heterocycles. The fraction of sp³-hybridized carbons (Fsp3) is 0.562. The molecule has 1 unspecified atom stereocenters. The van der Waals surface area contributed by atoms with Crippen molar-refractivity contribution in [2.45, 2.75) is 38.6 Å². The van der Waals surface area contributed by atoms with Gasteiger partial charge in [-0.15, -0.1) is 0 Å². The third-order valence-corrected chi connectivity index (χ3v) is 4.14. The van der Waals surface area contributed by atoms with Gasteiger partial charge in [-0.2, -0.15) is 0 Å². The van der Waals surface area contributed by atoms with Crippen LogP contribution in [-0.4, -0.2) is 19.0 Å². The van der Waals surface area contributed by atoms with Crippen LogP contribution in [0.15, 0.2) is 24.3 Å². The van der Waals surface area contributed by atoms with Crippen LogP contribution in [0.5, 0.6) is 0 Å². The van der Waals surface area contributed by atoms with Gasteiger partial charge < -0.3 is 10.6 Å². The monoisotopic (exact) mass is 294 g/mol. The lowest BCUT2D eigenvalue weighted by atomic mass is 9.94. The molecule has 1 aromatic carbocycles. The van der Waals surface area contributed by atoms with Crippen molar-refractivity contribution in [1.29, 1.82) is 0 Å². The molecular weight excluding hydrogens is 272 g/mol. The average Bonchev–Trinajstić information content (AvgIpc) is 2.46. The molecule has 2 rings (SSSR count). The summed E-state index contributed by atoms with van der Waals surface area (Å²) in [5, 5.41) is 7.14. The molecule has 2 atom stereocenters. The first-order valence-corrected chi connectivity index (χ1v) is 7.78. The van der Waals surface area contributed by atoms with Crippen LogP contribution in [-0.2, 0) is 4.79 Å². The Balaban J connectivity index is 1.76. The first-order valence-electron chi connectivity index (χ1n) is 7.40. The Bertz CT molecular complexity index is 444. The molecular formula is C16H23ClN2O. The van der Waals surface area contributed by atoms with E-state index in [0.717, 1.165) is 25.1 Å². The lowest BCUT2D eigenvalue weighted by Gasteiger charge is -2.22. The van der Waals surface area contributed by atoms with E-state index in [1.54, 1.807) is 0 Å². The first-order chi connectivity index (χ1) is 9.65. The van der Waals surface area contributed by atoms with Gasteiger partial charge in [0.05, 0.1) is 6.04 Å². The smallest absolute Gasteiger partial charge is 0.220 e. The van der Waals surface area contributed by atoms with Gasteiger partial charge in [0.25, 0.3) is 0 Å². The van der Waals surface area contributed by atoms with E-state index in [1.165, 1.54) is 12.8 Å². The Hall–Kier alpha value is -1.06. The maximum Gasteiger partial charge on any atom is 0.220 e. The molecule has 3 nitrogen and oxygen atoms in total. The quantitative estimate of drug-likeness (QED) is 0.875. The Morgan fingerprint density at radius 2 is 2.40 bits per heavy atom. The summed E-state index contributed by atoms with van der Waals surface area (Å²) in [4.78, 5) is 12.0. The van der Waals surface area contributed by atoms with Gasteiger partial charge in [0.15, 0.2) is 0 Å². The van der Waals surface area contributed by atoms with E-state index in [9.17, 15) is 4.79 Å². The third-order valence-electron chi connectivity index (χ3n) is 3.90. The molecule has 0 aliphatic carbocycles. The molecule has 0 aromatic heterocycles. The normalized spacial score (nSPS) is 20.4. The van der Waals surface area contributed by atoms with Gasteiger partial charge in [0.1, 0.15) is 0 Å². The van der Waals surface area contributed by atoms with Crippen molar-refractivity contribution in [3.8, 4) is 0 Å². The van der Waals surface area contributed by atoms with E-state index < -0.39 is 0 Å². The molecule has 1 aliphatic rings. The van der Waals surface area contributed by atoms with Crippen molar-refractivity contribution in [3.05, 3.63) is 34.9 Å². The summed E-state index contributed by atoms with van der Waals surface area (Å²) in [7, 11) is 0. The van der Waals surface area contributed by atoms with Crippen molar-refractivity contribution in [1.82, 2.24) is 10.6 Å². The number of amides is 1. The van der Waals surface area contributed by atoms with Gasteiger partial charge in [0.2, 0.25) is 5.91 Å². The van der Waals surface area contributed by atoms with Gasteiger partial charge in [0, 0.05) is 11.4 Å². The van der Waals surface area contributed by atoms with Gasteiger partial charge in [-0.1, -0.05) is 23.7 Å². The summed E-state index contributed by atoms with van der Waals surface area (Å²) >= 11 is 5.97. The molecule has 1 amide bonds. The van der Waals surface area contributed by atoms with Gasteiger partial charge >= 0.3 is 0 Å². The Morgan fingerprint density at radius 1 is 1.55 bits per heavy atom.